The Morgan fingerprint density at radius 1 is 1.38 bits per heavy atom. The van der Waals surface area contributed by atoms with Gasteiger partial charge in [-0.2, -0.15) is 0 Å². The molecule has 4 heteroatoms. The maximum absolute atomic E-state index is 12.4. The Bertz CT molecular complexity index is 254. The van der Waals surface area contributed by atoms with Crippen LogP contribution in [0.4, 0.5) is 8.78 Å². The molecule has 1 amide bonds. The molecule has 0 radical (unpaired) electrons. The Balaban J connectivity index is 1.88. The van der Waals surface area contributed by atoms with Crippen LogP contribution < -0.4 is 0 Å². The standard InChI is InChI=1S/C9H13F2NO/c1-8(2)3-6(8)7(13)12-4-9(10,11)5-12/h6H,3-5H2,1-2H3/t6-/m1/s1. The highest BCUT2D eigenvalue weighted by Gasteiger charge is 2.56. The molecule has 2 nitrogen and oxygen atoms in total. The number of amides is 1. The number of likely N-dealkylation sites (tertiary alicyclic amines) is 1. The van der Waals surface area contributed by atoms with Gasteiger partial charge in [0.1, 0.15) is 0 Å². The van der Waals surface area contributed by atoms with Crippen LogP contribution in [0.15, 0.2) is 0 Å². The van der Waals surface area contributed by atoms with Gasteiger partial charge in [-0.25, -0.2) is 8.78 Å². The van der Waals surface area contributed by atoms with Gasteiger partial charge in [-0.05, 0) is 11.8 Å². The maximum atomic E-state index is 12.4. The van der Waals surface area contributed by atoms with Gasteiger partial charge in [-0.3, -0.25) is 4.79 Å². The molecule has 1 atom stereocenters. The Hall–Kier alpha value is -0.670. The van der Waals surface area contributed by atoms with Crippen molar-refractivity contribution in [2.24, 2.45) is 11.3 Å². The Morgan fingerprint density at radius 2 is 1.85 bits per heavy atom. The van der Waals surface area contributed by atoms with E-state index in [2.05, 4.69) is 0 Å². The first-order valence-corrected chi connectivity index (χ1v) is 4.48. The molecule has 1 heterocycles. The number of alkyl halides is 2. The van der Waals surface area contributed by atoms with Crippen molar-refractivity contribution in [3.05, 3.63) is 0 Å². The Morgan fingerprint density at radius 3 is 2.15 bits per heavy atom. The maximum Gasteiger partial charge on any atom is 0.282 e. The zero-order valence-corrected chi connectivity index (χ0v) is 7.81. The average molecular weight is 189 g/mol. The smallest absolute Gasteiger partial charge is 0.282 e. The Labute approximate surface area is 75.9 Å². The molecular weight excluding hydrogens is 176 g/mol. The lowest BCUT2D eigenvalue weighted by atomic mass is 10.1. The van der Waals surface area contributed by atoms with Gasteiger partial charge in [0.2, 0.25) is 5.91 Å². The van der Waals surface area contributed by atoms with Crippen molar-refractivity contribution >= 4 is 5.91 Å². The molecule has 0 unspecified atom stereocenters. The highest BCUT2D eigenvalue weighted by Crippen LogP contribution is 2.53. The van der Waals surface area contributed by atoms with Gasteiger partial charge >= 0.3 is 0 Å². The first kappa shape index (κ1) is 8.91. The molecule has 0 bridgehead atoms. The van der Waals surface area contributed by atoms with Gasteiger partial charge in [0.25, 0.3) is 5.92 Å². The first-order chi connectivity index (χ1) is 5.82. The van der Waals surface area contributed by atoms with E-state index in [1.54, 1.807) is 0 Å². The van der Waals surface area contributed by atoms with Gasteiger partial charge in [-0.1, -0.05) is 13.8 Å². The van der Waals surface area contributed by atoms with Crippen LogP contribution in [0, 0.1) is 11.3 Å². The molecule has 1 saturated carbocycles. The minimum absolute atomic E-state index is 0.0106. The second kappa shape index (κ2) is 2.22. The summed E-state index contributed by atoms with van der Waals surface area (Å²) in [5, 5.41) is 0. The fraction of sp³-hybridized carbons (Fsp3) is 0.889. The molecular formula is C9H13F2NO. The zero-order chi connectivity index (χ0) is 9.85. The summed E-state index contributed by atoms with van der Waals surface area (Å²) in [6, 6.07) is 0. The third-order valence-corrected chi connectivity index (χ3v) is 2.97. The van der Waals surface area contributed by atoms with Crippen LogP contribution in [0.25, 0.3) is 0 Å². The lowest BCUT2D eigenvalue weighted by Crippen LogP contribution is -2.59. The molecule has 0 spiro atoms. The number of rotatable bonds is 1. The summed E-state index contributed by atoms with van der Waals surface area (Å²) in [6.07, 6.45) is 0.841. The van der Waals surface area contributed by atoms with Crippen molar-refractivity contribution in [1.82, 2.24) is 4.90 Å². The normalized spacial score (nSPS) is 33.8. The topological polar surface area (TPSA) is 20.3 Å². The molecule has 74 valence electrons. The summed E-state index contributed by atoms with van der Waals surface area (Å²) in [7, 11) is 0. The predicted molar refractivity (Wildman–Crippen MR) is 43.4 cm³/mol. The molecule has 1 aliphatic carbocycles. The number of hydrogen-bond donors (Lipinski definition) is 0. The van der Waals surface area contributed by atoms with E-state index in [1.807, 2.05) is 13.8 Å². The van der Waals surface area contributed by atoms with E-state index in [1.165, 1.54) is 4.90 Å². The van der Waals surface area contributed by atoms with Gasteiger partial charge in [0.05, 0.1) is 13.1 Å². The highest BCUT2D eigenvalue weighted by molar-refractivity contribution is 5.83. The van der Waals surface area contributed by atoms with Crippen LogP contribution in [-0.4, -0.2) is 29.8 Å². The van der Waals surface area contributed by atoms with Crippen LogP contribution in [0.2, 0.25) is 0 Å². The third kappa shape index (κ3) is 1.42. The molecule has 2 aliphatic rings. The van der Waals surface area contributed by atoms with Crippen molar-refractivity contribution in [2.45, 2.75) is 26.2 Å². The van der Waals surface area contributed by atoms with Crippen LogP contribution in [-0.2, 0) is 4.79 Å². The van der Waals surface area contributed by atoms with E-state index in [0.29, 0.717) is 0 Å². The summed E-state index contributed by atoms with van der Waals surface area (Å²) in [4.78, 5) is 12.7. The highest BCUT2D eigenvalue weighted by atomic mass is 19.3. The number of halogens is 2. The zero-order valence-electron chi connectivity index (χ0n) is 7.81. The minimum atomic E-state index is -2.63. The fourth-order valence-electron chi connectivity index (χ4n) is 1.78. The first-order valence-electron chi connectivity index (χ1n) is 4.48. The second-order valence-corrected chi connectivity index (χ2v) is 4.80. The van der Waals surface area contributed by atoms with Gasteiger partial charge < -0.3 is 4.90 Å². The summed E-state index contributed by atoms with van der Waals surface area (Å²) >= 11 is 0. The lowest BCUT2D eigenvalue weighted by Gasteiger charge is -2.39. The van der Waals surface area contributed by atoms with E-state index in [9.17, 15) is 13.6 Å². The number of hydrogen-bond acceptors (Lipinski definition) is 1. The number of nitrogens with zero attached hydrogens (tertiary/aromatic N) is 1. The van der Waals surface area contributed by atoms with E-state index in [0.717, 1.165) is 6.42 Å². The van der Waals surface area contributed by atoms with Crippen molar-refractivity contribution in [3.8, 4) is 0 Å². The molecule has 1 aliphatic heterocycles. The average Bonchev–Trinajstić information content (AvgIpc) is 2.53. The van der Waals surface area contributed by atoms with Crippen LogP contribution >= 0.6 is 0 Å². The van der Waals surface area contributed by atoms with Crippen LogP contribution in [0.3, 0.4) is 0 Å². The number of carbonyl (C=O) groups excluding carboxylic acids is 1. The molecule has 0 N–H and O–H groups in total. The minimum Gasteiger partial charge on any atom is -0.330 e. The van der Waals surface area contributed by atoms with Gasteiger partial charge in [-0.15, -0.1) is 0 Å². The van der Waals surface area contributed by atoms with E-state index in [-0.39, 0.29) is 30.3 Å². The van der Waals surface area contributed by atoms with Crippen LogP contribution in [0.5, 0.6) is 0 Å². The van der Waals surface area contributed by atoms with Gasteiger partial charge in [0.15, 0.2) is 0 Å². The van der Waals surface area contributed by atoms with Crippen LogP contribution in [0.1, 0.15) is 20.3 Å². The monoisotopic (exact) mass is 189 g/mol. The van der Waals surface area contributed by atoms with Gasteiger partial charge in [0, 0.05) is 5.92 Å². The molecule has 0 aromatic rings. The second-order valence-electron chi connectivity index (χ2n) is 4.80. The molecule has 0 aromatic carbocycles. The molecule has 0 aromatic heterocycles. The molecule has 1 saturated heterocycles. The Kier molecular flexibility index (Phi) is 1.52. The summed E-state index contributed by atoms with van der Waals surface area (Å²) in [6.45, 7) is 3.23. The van der Waals surface area contributed by atoms with E-state index in [4.69, 9.17) is 0 Å². The van der Waals surface area contributed by atoms with Crippen molar-refractivity contribution in [3.63, 3.8) is 0 Å². The molecule has 13 heavy (non-hydrogen) atoms. The summed E-state index contributed by atoms with van der Waals surface area (Å²) < 4.78 is 24.9. The van der Waals surface area contributed by atoms with E-state index >= 15 is 0 Å². The largest absolute Gasteiger partial charge is 0.330 e. The van der Waals surface area contributed by atoms with E-state index < -0.39 is 5.92 Å². The van der Waals surface area contributed by atoms with Crippen molar-refractivity contribution in [2.75, 3.05) is 13.1 Å². The van der Waals surface area contributed by atoms with Crippen molar-refractivity contribution in [1.29, 1.82) is 0 Å². The number of carbonyl (C=O) groups is 1. The molecule has 2 fully saturated rings. The lowest BCUT2D eigenvalue weighted by molar-refractivity contribution is -0.167. The summed E-state index contributed by atoms with van der Waals surface area (Å²) in [5.41, 5.74) is 0.0436. The molecule has 2 rings (SSSR count). The fourth-order valence-corrected chi connectivity index (χ4v) is 1.78. The third-order valence-electron chi connectivity index (χ3n) is 2.97. The SMILES string of the molecule is CC1(C)C[C@@H]1C(=O)N1CC(F)(F)C1. The summed E-state index contributed by atoms with van der Waals surface area (Å²) in [5.74, 6) is -2.73. The predicted octanol–water partition coefficient (Wildman–Crippen LogP) is 1.51. The van der Waals surface area contributed by atoms with Crippen molar-refractivity contribution < 1.29 is 13.6 Å². The quantitative estimate of drug-likeness (QED) is 0.612.